The van der Waals surface area contributed by atoms with Gasteiger partial charge in [-0.3, -0.25) is 33.9 Å². The first-order chi connectivity index (χ1) is 22.6. The van der Waals surface area contributed by atoms with Crippen LogP contribution in [-0.4, -0.2) is 88.7 Å². The molecule has 2 aromatic rings. The molecule has 1 aliphatic heterocycles. The molecule has 8 N–H and O–H groups in total. The fourth-order valence-electron chi connectivity index (χ4n) is 5.59. The summed E-state index contributed by atoms with van der Waals surface area (Å²) >= 11 is 0. The standard InChI is InChI=1S/C34H45N7O6/c35-34(36)37-19-7-12-26(30(44)32(46)38-24-15-16-24)40-31(45)28-20-25(42)21-41(28)33(47)27(17-13-22-8-3-1-4-9-22)39-29(43)18-14-23-10-5-2-6-11-23/h1-6,8-11,24,26-28,33,47H,7,12-21H2,(H,38,46)(H,39,43)(H,40,45)(H4,35,36,37)/t26?,27-,28-,33?/m0/s1. The van der Waals surface area contributed by atoms with Gasteiger partial charge in [-0.2, -0.15) is 0 Å². The van der Waals surface area contributed by atoms with E-state index in [1.807, 2.05) is 60.7 Å². The summed E-state index contributed by atoms with van der Waals surface area (Å²) in [6.07, 6.45) is 1.95. The predicted molar refractivity (Wildman–Crippen MR) is 176 cm³/mol. The highest BCUT2D eigenvalue weighted by atomic mass is 16.3. The maximum Gasteiger partial charge on any atom is 0.289 e. The van der Waals surface area contributed by atoms with Gasteiger partial charge in [0.2, 0.25) is 17.6 Å². The van der Waals surface area contributed by atoms with Crippen LogP contribution < -0.4 is 27.4 Å². The Morgan fingerprint density at radius 2 is 1.55 bits per heavy atom. The second-order valence-corrected chi connectivity index (χ2v) is 12.2. The van der Waals surface area contributed by atoms with Crippen LogP contribution in [0.2, 0.25) is 0 Å². The topological polar surface area (TPSA) is 209 Å². The molecule has 2 aliphatic rings. The quantitative estimate of drug-likeness (QED) is 0.0560. The molecule has 47 heavy (non-hydrogen) atoms. The minimum Gasteiger partial charge on any atom is -0.376 e. The lowest BCUT2D eigenvalue weighted by atomic mass is 10.0. The van der Waals surface area contributed by atoms with Crippen molar-refractivity contribution in [2.24, 2.45) is 16.5 Å². The molecule has 4 rings (SSSR count). The summed E-state index contributed by atoms with van der Waals surface area (Å²) < 4.78 is 0. The molecule has 2 aromatic carbocycles. The number of nitrogens with two attached hydrogens (primary N) is 2. The van der Waals surface area contributed by atoms with Gasteiger partial charge in [-0.25, -0.2) is 0 Å². The van der Waals surface area contributed by atoms with Gasteiger partial charge in [-0.15, -0.1) is 0 Å². The van der Waals surface area contributed by atoms with E-state index in [-0.39, 0.29) is 56.0 Å². The summed E-state index contributed by atoms with van der Waals surface area (Å²) in [7, 11) is 0. The number of nitrogens with zero attached hydrogens (tertiary/aromatic N) is 2. The van der Waals surface area contributed by atoms with Gasteiger partial charge in [0.15, 0.2) is 5.96 Å². The Bertz CT molecular complexity index is 1410. The van der Waals surface area contributed by atoms with Crippen molar-refractivity contribution in [3.05, 3.63) is 71.8 Å². The van der Waals surface area contributed by atoms with Crippen LogP contribution in [0, 0.1) is 0 Å². The van der Waals surface area contributed by atoms with Gasteiger partial charge in [0.1, 0.15) is 12.0 Å². The molecule has 1 aliphatic carbocycles. The summed E-state index contributed by atoms with van der Waals surface area (Å²) in [5, 5.41) is 19.9. The average molecular weight is 648 g/mol. The lowest BCUT2D eigenvalue weighted by Gasteiger charge is -2.34. The van der Waals surface area contributed by atoms with Gasteiger partial charge >= 0.3 is 0 Å². The Hall–Kier alpha value is -4.62. The molecular weight excluding hydrogens is 602 g/mol. The fraction of sp³-hybridized carbons (Fsp3) is 0.471. The van der Waals surface area contributed by atoms with Crippen molar-refractivity contribution < 1.29 is 29.1 Å². The zero-order chi connectivity index (χ0) is 33.8. The van der Waals surface area contributed by atoms with Crippen LogP contribution in [0.3, 0.4) is 0 Å². The Labute approximate surface area is 274 Å². The van der Waals surface area contributed by atoms with Crippen LogP contribution in [0.25, 0.3) is 0 Å². The van der Waals surface area contributed by atoms with Crippen LogP contribution in [0.4, 0.5) is 0 Å². The van der Waals surface area contributed by atoms with Crippen LogP contribution >= 0.6 is 0 Å². The molecule has 2 fully saturated rings. The van der Waals surface area contributed by atoms with Crippen LogP contribution in [0.5, 0.6) is 0 Å². The molecule has 1 saturated carbocycles. The van der Waals surface area contributed by atoms with Crippen LogP contribution in [0.1, 0.15) is 56.1 Å². The molecule has 3 amide bonds. The van der Waals surface area contributed by atoms with Gasteiger partial charge in [0, 0.05) is 25.4 Å². The average Bonchev–Trinajstić information content (AvgIpc) is 3.80. The lowest BCUT2D eigenvalue weighted by Crippen LogP contribution is -2.58. The number of ketones is 2. The number of nitrogens with one attached hydrogen (secondary N) is 3. The number of carbonyl (C=O) groups excluding carboxylic acids is 5. The Morgan fingerprint density at radius 3 is 2.17 bits per heavy atom. The number of amides is 3. The summed E-state index contributed by atoms with van der Waals surface area (Å²) in [4.78, 5) is 70.4. The van der Waals surface area contributed by atoms with E-state index in [2.05, 4.69) is 20.9 Å². The van der Waals surface area contributed by atoms with E-state index >= 15 is 0 Å². The first kappa shape index (κ1) is 35.2. The number of aliphatic hydroxyl groups excluding tert-OH is 1. The maximum atomic E-state index is 13.6. The Balaban J connectivity index is 1.46. The number of likely N-dealkylation sites (tertiary alicyclic amines) is 1. The molecule has 0 radical (unpaired) electrons. The number of hydrogen-bond donors (Lipinski definition) is 6. The highest BCUT2D eigenvalue weighted by molar-refractivity contribution is 6.38. The molecule has 1 heterocycles. The molecule has 13 nitrogen and oxygen atoms in total. The molecule has 252 valence electrons. The van der Waals surface area contributed by atoms with E-state index in [9.17, 15) is 29.1 Å². The summed E-state index contributed by atoms with van der Waals surface area (Å²) in [6, 6.07) is 16.0. The number of rotatable bonds is 18. The number of aliphatic imine (C=N–C) groups is 1. The molecule has 0 bridgehead atoms. The first-order valence-corrected chi connectivity index (χ1v) is 16.1. The van der Waals surface area contributed by atoms with Gasteiger partial charge < -0.3 is 32.5 Å². The third kappa shape index (κ3) is 11.3. The van der Waals surface area contributed by atoms with E-state index in [1.165, 1.54) is 4.90 Å². The summed E-state index contributed by atoms with van der Waals surface area (Å²) in [5.41, 5.74) is 12.8. The van der Waals surface area contributed by atoms with Gasteiger partial charge in [0.05, 0.1) is 24.7 Å². The van der Waals surface area contributed by atoms with E-state index in [0.29, 0.717) is 25.7 Å². The first-order valence-electron chi connectivity index (χ1n) is 16.1. The number of hydrogen-bond acceptors (Lipinski definition) is 8. The van der Waals surface area contributed by atoms with E-state index < -0.39 is 42.0 Å². The zero-order valence-corrected chi connectivity index (χ0v) is 26.5. The van der Waals surface area contributed by atoms with Crippen LogP contribution in [-0.2, 0) is 36.8 Å². The molecule has 0 aromatic heterocycles. The number of benzene rings is 2. The normalized spacial score (nSPS) is 18.1. The van der Waals surface area contributed by atoms with E-state index in [1.54, 1.807) is 0 Å². The second-order valence-electron chi connectivity index (χ2n) is 12.2. The predicted octanol–water partition coefficient (Wildman–Crippen LogP) is 0.0847. The van der Waals surface area contributed by atoms with Crippen molar-refractivity contribution in [1.82, 2.24) is 20.9 Å². The fourth-order valence-corrected chi connectivity index (χ4v) is 5.59. The molecular formula is C34H45N7O6. The van der Waals surface area contributed by atoms with E-state index in [0.717, 1.165) is 24.0 Å². The van der Waals surface area contributed by atoms with Crippen molar-refractivity contribution in [2.75, 3.05) is 13.1 Å². The summed E-state index contributed by atoms with van der Waals surface area (Å²) in [6.45, 7) is -0.0295. The molecule has 1 saturated heterocycles. The minimum atomic E-state index is -1.38. The zero-order valence-electron chi connectivity index (χ0n) is 26.5. The number of carbonyl (C=O) groups is 5. The van der Waals surface area contributed by atoms with Crippen molar-refractivity contribution in [2.45, 2.75) is 88.2 Å². The Morgan fingerprint density at radius 1 is 0.915 bits per heavy atom. The highest BCUT2D eigenvalue weighted by Gasteiger charge is 2.43. The third-order valence-corrected chi connectivity index (χ3v) is 8.31. The third-order valence-electron chi connectivity index (χ3n) is 8.31. The van der Waals surface area contributed by atoms with Gasteiger partial charge in [-0.1, -0.05) is 60.7 Å². The van der Waals surface area contributed by atoms with Crippen molar-refractivity contribution in [3.63, 3.8) is 0 Å². The SMILES string of the molecule is NC(N)=NCCCC(NC(=O)[C@@H]1CC(=O)CN1C(O)[C@H](CCc1ccccc1)NC(=O)CCc1ccccc1)C(=O)C(=O)NC1CC1. The largest absolute Gasteiger partial charge is 0.376 e. The monoisotopic (exact) mass is 647 g/mol. The molecule has 0 spiro atoms. The van der Waals surface area contributed by atoms with Gasteiger partial charge in [-0.05, 0) is 56.1 Å². The number of guanidine groups is 1. The number of aryl methyl sites for hydroxylation is 2. The van der Waals surface area contributed by atoms with E-state index in [4.69, 9.17) is 11.5 Å². The van der Waals surface area contributed by atoms with Crippen molar-refractivity contribution in [1.29, 1.82) is 0 Å². The smallest absolute Gasteiger partial charge is 0.289 e. The van der Waals surface area contributed by atoms with Gasteiger partial charge in [0.25, 0.3) is 5.91 Å². The van der Waals surface area contributed by atoms with Crippen molar-refractivity contribution >= 4 is 35.2 Å². The highest BCUT2D eigenvalue weighted by Crippen LogP contribution is 2.22. The number of aliphatic hydroxyl groups is 1. The van der Waals surface area contributed by atoms with Crippen LogP contribution in [0.15, 0.2) is 65.7 Å². The lowest BCUT2D eigenvalue weighted by molar-refractivity contribution is -0.141. The van der Waals surface area contributed by atoms with Crippen molar-refractivity contribution in [3.8, 4) is 0 Å². The maximum absolute atomic E-state index is 13.6. The molecule has 4 atom stereocenters. The second kappa shape index (κ2) is 17.3. The Kier molecular flexibility index (Phi) is 13.0. The molecule has 2 unspecified atom stereocenters. The number of Topliss-reactive ketones (excluding diaryl/α,β-unsaturated/α-hetero) is 2. The summed E-state index contributed by atoms with van der Waals surface area (Å²) in [5.74, 6) is -2.94. The molecule has 13 heteroatoms. The minimum absolute atomic E-state index is 0.0572.